The second-order valence-electron chi connectivity index (χ2n) is 4.83. The third-order valence-corrected chi connectivity index (χ3v) is 3.11. The van der Waals surface area contributed by atoms with E-state index in [2.05, 4.69) is 5.32 Å². The van der Waals surface area contributed by atoms with Gasteiger partial charge in [0.15, 0.2) is 0 Å². The molecule has 1 aromatic heterocycles. The van der Waals surface area contributed by atoms with Crippen molar-refractivity contribution in [2.24, 2.45) is 0 Å². The number of amides is 2. The number of nitrogens with zero attached hydrogens (tertiary/aromatic N) is 1. The van der Waals surface area contributed by atoms with Gasteiger partial charge in [-0.15, -0.1) is 0 Å². The van der Waals surface area contributed by atoms with Crippen LogP contribution in [0.15, 0.2) is 47.1 Å². The third-order valence-electron chi connectivity index (χ3n) is 3.11. The fourth-order valence-electron chi connectivity index (χ4n) is 1.93. The Hall–Kier alpha value is -2.63. The largest absolute Gasteiger partial charge is 0.467 e. The summed E-state index contributed by atoms with van der Waals surface area (Å²) in [6, 6.07) is 9.03. The molecule has 0 aliphatic carbocycles. The van der Waals surface area contributed by atoms with Crippen molar-refractivity contribution in [1.29, 1.82) is 0 Å². The first-order valence-corrected chi connectivity index (χ1v) is 6.88. The molecule has 1 N–H and O–H groups in total. The summed E-state index contributed by atoms with van der Waals surface area (Å²) in [6.45, 7) is 2.05. The lowest BCUT2D eigenvalue weighted by Gasteiger charge is -2.19. The maximum absolute atomic E-state index is 12.8. The summed E-state index contributed by atoms with van der Waals surface area (Å²) >= 11 is 0. The first kappa shape index (κ1) is 15.8. The van der Waals surface area contributed by atoms with Gasteiger partial charge in [-0.25, -0.2) is 4.39 Å². The molecule has 0 aliphatic rings. The molecule has 1 aromatic carbocycles. The third kappa shape index (κ3) is 4.73. The van der Waals surface area contributed by atoms with Crippen molar-refractivity contribution in [2.75, 3.05) is 11.9 Å². The molecule has 0 aliphatic heterocycles. The van der Waals surface area contributed by atoms with Crippen LogP contribution in [0.4, 0.5) is 10.1 Å². The summed E-state index contributed by atoms with van der Waals surface area (Å²) in [4.78, 5) is 25.0. The Bertz CT molecular complexity index is 623. The average Bonchev–Trinajstić information content (AvgIpc) is 2.98. The smallest absolute Gasteiger partial charge is 0.226 e. The fourth-order valence-corrected chi connectivity index (χ4v) is 1.93. The summed E-state index contributed by atoms with van der Waals surface area (Å²) in [5, 5.41) is 2.66. The van der Waals surface area contributed by atoms with E-state index in [4.69, 9.17) is 4.42 Å². The molecule has 2 amide bonds. The quantitative estimate of drug-likeness (QED) is 0.892. The number of nitrogens with one attached hydrogen (secondary N) is 1. The number of carbonyl (C=O) groups is 2. The minimum absolute atomic E-state index is 0.133. The van der Waals surface area contributed by atoms with E-state index in [1.807, 2.05) is 0 Å². The standard InChI is InChI=1S/C16H17FN2O3/c1-12(20)19(11-15-3-2-10-22-15)9-8-16(21)18-14-6-4-13(17)5-7-14/h2-7,10H,8-9,11H2,1H3,(H,18,21). The van der Waals surface area contributed by atoms with Gasteiger partial charge >= 0.3 is 0 Å². The fraction of sp³-hybridized carbons (Fsp3) is 0.250. The van der Waals surface area contributed by atoms with E-state index in [9.17, 15) is 14.0 Å². The predicted octanol–water partition coefficient (Wildman–Crippen LogP) is 2.80. The van der Waals surface area contributed by atoms with E-state index in [-0.39, 0.29) is 30.6 Å². The average molecular weight is 304 g/mol. The highest BCUT2D eigenvalue weighted by Gasteiger charge is 2.13. The SMILES string of the molecule is CC(=O)N(CCC(=O)Nc1ccc(F)cc1)Cc1ccco1. The van der Waals surface area contributed by atoms with E-state index in [0.29, 0.717) is 18.0 Å². The van der Waals surface area contributed by atoms with Crippen molar-refractivity contribution < 1.29 is 18.4 Å². The lowest BCUT2D eigenvalue weighted by molar-refractivity contribution is -0.130. The molecule has 0 saturated carbocycles. The molecule has 6 heteroatoms. The van der Waals surface area contributed by atoms with Crippen molar-refractivity contribution in [3.05, 3.63) is 54.2 Å². The molecule has 2 rings (SSSR count). The van der Waals surface area contributed by atoms with Gasteiger partial charge in [-0.05, 0) is 36.4 Å². The Labute approximate surface area is 127 Å². The van der Waals surface area contributed by atoms with Gasteiger partial charge in [0.05, 0.1) is 12.8 Å². The number of rotatable bonds is 6. The molecule has 0 atom stereocenters. The van der Waals surface area contributed by atoms with Gasteiger partial charge < -0.3 is 14.6 Å². The lowest BCUT2D eigenvalue weighted by atomic mass is 10.3. The zero-order valence-corrected chi connectivity index (χ0v) is 12.2. The summed E-state index contributed by atoms with van der Waals surface area (Å²) in [6.07, 6.45) is 1.69. The highest BCUT2D eigenvalue weighted by Crippen LogP contribution is 2.10. The van der Waals surface area contributed by atoms with E-state index in [1.54, 1.807) is 12.1 Å². The highest BCUT2D eigenvalue weighted by atomic mass is 19.1. The zero-order valence-electron chi connectivity index (χ0n) is 12.2. The number of hydrogen-bond acceptors (Lipinski definition) is 3. The van der Waals surface area contributed by atoms with E-state index in [0.717, 1.165) is 0 Å². The summed E-state index contributed by atoms with van der Waals surface area (Å²) in [5.41, 5.74) is 0.520. The van der Waals surface area contributed by atoms with Gasteiger partial charge in [-0.2, -0.15) is 0 Å². The second kappa shape index (κ2) is 7.40. The number of benzene rings is 1. The highest BCUT2D eigenvalue weighted by molar-refractivity contribution is 5.91. The maximum atomic E-state index is 12.8. The van der Waals surface area contributed by atoms with Crippen LogP contribution in [0.5, 0.6) is 0 Å². The monoisotopic (exact) mass is 304 g/mol. The number of hydrogen-bond donors (Lipinski definition) is 1. The molecule has 0 fully saturated rings. The van der Waals surface area contributed by atoms with Crippen LogP contribution < -0.4 is 5.32 Å². The Morgan fingerprint density at radius 2 is 1.95 bits per heavy atom. The molecule has 0 bridgehead atoms. The van der Waals surface area contributed by atoms with Gasteiger partial charge in [0.25, 0.3) is 0 Å². The van der Waals surface area contributed by atoms with Crippen LogP contribution in [0.25, 0.3) is 0 Å². The molecule has 2 aromatic rings. The Morgan fingerprint density at radius 1 is 1.23 bits per heavy atom. The van der Waals surface area contributed by atoms with Crippen LogP contribution in [0.2, 0.25) is 0 Å². The first-order valence-electron chi connectivity index (χ1n) is 6.88. The van der Waals surface area contributed by atoms with Crippen molar-refractivity contribution in [3.63, 3.8) is 0 Å². The number of halogens is 1. The molecule has 116 valence electrons. The Kier molecular flexibility index (Phi) is 5.30. The molecular formula is C16H17FN2O3. The number of anilines is 1. The minimum atomic E-state index is -0.362. The van der Waals surface area contributed by atoms with Gasteiger partial charge in [-0.3, -0.25) is 9.59 Å². The summed E-state index contributed by atoms with van der Waals surface area (Å²) in [7, 11) is 0. The molecule has 0 unspecified atom stereocenters. The van der Waals surface area contributed by atoms with Crippen molar-refractivity contribution >= 4 is 17.5 Å². The van der Waals surface area contributed by atoms with Gasteiger partial charge in [0, 0.05) is 25.6 Å². The number of furan rings is 1. The van der Waals surface area contributed by atoms with Crippen molar-refractivity contribution in [3.8, 4) is 0 Å². The Balaban J connectivity index is 1.84. The van der Waals surface area contributed by atoms with E-state index < -0.39 is 0 Å². The number of carbonyl (C=O) groups excluding carboxylic acids is 2. The first-order chi connectivity index (χ1) is 10.5. The van der Waals surface area contributed by atoms with E-state index >= 15 is 0 Å². The summed E-state index contributed by atoms with van der Waals surface area (Å²) in [5.74, 6) is -0.0726. The lowest BCUT2D eigenvalue weighted by Crippen LogP contribution is -2.31. The van der Waals surface area contributed by atoms with Gasteiger partial charge in [0.1, 0.15) is 11.6 Å². The maximum Gasteiger partial charge on any atom is 0.226 e. The van der Waals surface area contributed by atoms with Crippen molar-refractivity contribution in [1.82, 2.24) is 4.90 Å². The normalized spacial score (nSPS) is 10.3. The van der Waals surface area contributed by atoms with Crippen LogP contribution >= 0.6 is 0 Å². The molecule has 1 heterocycles. The van der Waals surface area contributed by atoms with Crippen LogP contribution in [0.3, 0.4) is 0 Å². The molecule has 0 saturated heterocycles. The van der Waals surface area contributed by atoms with Crippen LogP contribution in [-0.2, 0) is 16.1 Å². The van der Waals surface area contributed by atoms with Crippen LogP contribution in [-0.4, -0.2) is 23.3 Å². The van der Waals surface area contributed by atoms with E-state index in [1.165, 1.54) is 42.4 Å². The van der Waals surface area contributed by atoms with Crippen LogP contribution in [0, 0.1) is 5.82 Å². The summed E-state index contributed by atoms with van der Waals surface area (Å²) < 4.78 is 18.0. The predicted molar refractivity (Wildman–Crippen MR) is 79.4 cm³/mol. The molecule has 5 nitrogen and oxygen atoms in total. The van der Waals surface area contributed by atoms with Gasteiger partial charge in [0.2, 0.25) is 11.8 Å². The van der Waals surface area contributed by atoms with Gasteiger partial charge in [-0.1, -0.05) is 0 Å². The second-order valence-corrected chi connectivity index (χ2v) is 4.83. The van der Waals surface area contributed by atoms with Crippen molar-refractivity contribution in [2.45, 2.75) is 19.9 Å². The molecular weight excluding hydrogens is 287 g/mol. The zero-order chi connectivity index (χ0) is 15.9. The Morgan fingerprint density at radius 3 is 2.55 bits per heavy atom. The minimum Gasteiger partial charge on any atom is -0.467 e. The molecule has 0 spiro atoms. The molecule has 22 heavy (non-hydrogen) atoms. The topological polar surface area (TPSA) is 62.6 Å². The van der Waals surface area contributed by atoms with Crippen LogP contribution in [0.1, 0.15) is 19.1 Å². The molecule has 0 radical (unpaired) electrons.